The number of hydrogen-bond acceptors (Lipinski definition) is 5. The Balaban J connectivity index is 1.69. The molecule has 0 radical (unpaired) electrons. The van der Waals surface area contributed by atoms with Crippen molar-refractivity contribution in [2.75, 3.05) is 33.7 Å². The predicted octanol–water partition coefficient (Wildman–Crippen LogP) is 3.24. The van der Waals surface area contributed by atoms with Crippen molar-refractivity contribution in [2.24, 2.45) is 7.05 Å². The Morgan fingerprint density at radius 1 is 1.34 bits per heavy atom. The fourth-order valence-corrected chi connectivity index (χ4v) is 4.53. The first kappa shape index (κ1) is 21.9. The van der Waals surface area contributed by atoms with E-state index < -0.39 is 0 Å². The highest BCUT2D eigenvalue weighted by Gasteiger charge is 2.26. The van der Waals surface area contributed by atoms with Crippen LogP contribution in [0.25, 0.3) is 0 Å². The standard InChI is InChI=1S/C23H38N6/c1-7-27(4)15-14-24-17(2)23-18(3)26-21(29(23)6)16-28(5)20-12-8-10-19-11-9-13-25-22(19)20/h9,11,13,17,20,24H,7-8,10,12,14-16H2,1-6H3. The maximum Gasteiger partial charge on any atom is 0.123 e. The molecule has 0 fully saturated rings. The molecule has 29 heavy (non-hydrogen) atoms. The summed E-state index contributed by atoms with van der Waals surface area (Å²) in [4.78, 5) is 14.4. The number of fused-ring (bicyclic) bond motifs is 1. The van der Waals surface area contributed by atoms with Crippen LogP contribution in [0.3, 0.4) is 0 Å². The Bertz CT molecular complexity index is 799. The van der Waals surface area contributed by atoms with Crippen LogP contribution < -0.4 is 5.32 Å². The van der Waals surface area contributed by atoms with Crippen LogP contribution in [0.1, 0.15) is 67.2 Å². The summed E-state index contributed by atoms with van der Waals surface area (Å²) >= 11 is 0. The molecule has 0 saturated heterocycles. The number of rotatable bonds is 9. The molecular weight excluding hydrogens is 360 g/mol. The molecule has 0 saturated carbocycles. The van der Waals surface area contributed by atoms with Gasteiger partial charge >= 0.3 is 0 Å². The van der Waals surface area contributed by atoms with Crippen LogP contribution in [0.4, 0.5) is 0 Å². The van der Waals surface area contributed by atoms with Crippen molar-refractivity contribution >= 4 is 0 Å². The van der Waals surface area contributed by atoms with Gasteiger partial charge in [-0.1, -0.05) is 13.0 Å². The van der Waals surface area contributed by atoms with E-state index >= 15 is 0 Å². The van der Waals surface area contributed by atoms with Crippen LogP contribution in [-0.4, -0.2) is 58.1 Å². The summed E-state index contributed by atoms with van der Waals surface area (Å²) in [5, 5.41) is 3.66. The molecule has 160 valence electrons. The van der Waals surface area contributed by atoms with E-state index in [0.29, 0.717) is 6.04 Å². The minimum absolute atomic E-state index is 0.286. The number of pyridine rings is 1. The minimum atomic E-state index is 0.286. The highest BCUT2D eigenvalue weighted by Crippen LogP contribution is 2.32. The highest BCUT2D eigenvalue weighted by atomic mass is 15.2. The molecule has 0 amide bonds. The Morgan fingerprint density at radius 3 is 2.90 bits per heavy atom. The molecule has 2 aromatic rings. The molecule has 2 unspecified atom stereocenters. The van der Waals surface area contributed by atoms with Crippen molar-refractivity contribution < 1.29 is 0 Å². The number of nitrogens with zero attached hydrogens (tertiary/aromatic N) is 5. The van der Waals surface area contributed by atoms with E-state index in [9.17, 15) is 0 Å². The molecule has 0 aliphatic heterocycles. The van der Waals surface area contributed by atoms with Crippen LogP contribution in [0.2, 0.25) is 0 Å². The fraction of sp³-hybridized carbons (Fsp3) is 0.652. The Morgan fingerprint density at radius 2 is 2.14 bits per heavy atom. The van der Waals surface area contributed by atoms with E-state index in [-0.39, 0.29) is 6.04 Å². The summed E-state index contributed by atoms with van der Waals surface area (Å²) in [5.74, 6) is 1.13. The smallest absolute Gasteiger partial charge is 0.123 e. The number of imidazole rings is 1. The number of hydrogen-bond donors (Lipinski definition) is 1. The topological polar surface area (TPSA) is 49.2 Å². The van der Waals surface area contributed by atoms with Gasteiger partial charge in [0.05, 0.1) is 29.7 Å². The van der Waals surface area contributed by atoms with Gasteiger partial charge in [0.25, 0.3) is 0 Å². The third-order valence-electron chi connectivity index (χ3n) is 6.40. The number of nitrogens with one attached hydrogen (secondary N) is 1. The van der Waals surface area contributed by atoms with Gasteiger partial charge in [0.1, 0.15) is 5.82 Å². The first-order chi connectivity index (χ1) is 13.9. The summed E-state index contributed by atoms with van der Waals surface area (Å²) in [6.07, 6.45) is 5.47. The lowest BCUT2D eigenvalue weighted by Crippen LogP contribution is -2.32. The molecule has 0 bridgehead atoms. The van der Waals surface area contributed by atoms with Crippen LogP contribution in [0, 0.1) is 6.92 Å². The molecule has 6 heteroatoms. The van der Waals surface area contributed by atoms with E-state index in [1.807, 2.05) is 6.20 Å². The second-order valence-corrected chi connectivity index (χ2v) is 8.50. The van der Waals surface area contributed by atoms with Gasteiger partial charge in [0, 0.05) is 32.4 Å². The van der Waals surface area contributed by atoms with Gasteiger partial charge in [0.2, 0.25) is 0 Å². The van der Waals surface area contributed by atoms with Gasteiger partial charge in [-0.05, 0) is 65.4 Å². The zero-order chi connectivity index (χ0) is 21.0. The van der Waals surface area contributed by atoms with Crippen LogP contribution in [-0.2, 0) is 20.0 Å². The van der Waals surface area contributed by atoms with Crippen LogP contribution in [0.15, 0.2) is 18.3 Å². The summed E-state index contributed by atoms with van der Waals surface area (Å²) < 4.78 is 2.29. The van der Waals surface area contributed by atoms with Gasteiger partial charge in [-0.2, -0.15) is 0 Å². The molecule has 1 aliphatic rings. The summed E-state index contributed by atoms with van der Waals surface area (Å²) in [5.41, 5.74) is 5.07. The lowest BCUT2D eigenvalue weighted by atomic mass is 9.91. The molecule has 3 rings (SSSR count). The first-order valence-corrected chi connectivity index (χ1v) is 11.0. The summed E-state index contributed by atoms with van der Waals surface area (Å²) in [6, 6.07) is 4.95. The SMILES string of the molecule is CCN(C)CCNC(C)c1c(C)nc(CN(C)C2CCCc3cccnc32)n1C. The van der Waals surface area contributed by atoms with Crippen LogP contribution >= 0.6 is 0 Å². The normalized spacial score (nSPS) is 17.7. The molecule has 0 aromatic carbocycles. The highest BCUT2D eigenvalue weighted by molar-refractivity contribution is 5.26. The van der Waals surface area contributed by atoms with Crippen molar-refractivity contribution in [1.82, 2.24) is 29.7 Å². The van der Waals surface area contributed by atoms with Crippen molar-refractivity contribution in [1.29, 1.82) is 0 Å². The van der Waals surface area contributed by atoms with Crippen molar-refractivity contribution in [3.8, 4) is 0 Å². The minimum Gasteiger partial charge on any atom is -0.332 e. The molecule has 1 N–H and O–H groups in total. The Labute approximate surface area is 176 Å². The lowest BCUT2D eigenvalue weighted by molar-refractivity contribution is 0.201. The number of likely N-dealkylation sites (N-methyl/N-ethyl adjacent to an activating group) is 1. The first-order valence-electron chi connectivity index (χ1n) is 11.0. The van der Waals surface area contributed by atoms with Gasteiger partial charge in [0.15, 0.2) is 0 Å². The van der Waals surface area contributed by atoms with E-state index in [2.05, 4.69) is 73.7 Å². The molecule has 6 nitrogen and oxygen atoms in total. The quantitative estimate of drug-likeness (QED) is 0.703. The average molecular weight is 399 g/mol. The monoisotopic (exact) mass is 398 g/mol. The van der Waals surface area contributed by atoms with E-state index in [0.717, 1.165) is 44.1 Å². The second kappa shape index (κ2) is 9.83. The largest absolute Gasteiger partial charge is 0.332 e. The predicted molar refractivity (Wildman–Crippen MR) is 119 cm³/mol. The van der Waals surface area contributed by atoms with Gasteiger partial charge < -0.3 is 14.8 Å². The second-order valence-electron chi connectivity index (χ2n) is 8.50. The summed E-state index contributed by atoms with van der Waals surface area (Å²) in [6.45, 7) is 10.5. The average Bonchev–Trinajstić information content (AvgIpc) is 3.00. The Kier molecular flexibility index (Phi) is 7.44. The van der Waals surface area contributed by atoms with Crippen molar-refractivity contribution in [3.05, 3.63) is 46.8 Å². The third kappa shape index (κ3) is 5.05. The fourth-order valence-electron chi connectivity index (χ4n) is 4.53. The maximum absolute atomic E-state index is 4.93. The molecule has 0 spiro atoms. The molecule has 2 heterocycles. The zero-order valence-corrected chi connectivity index (χ0v) is 19.1. The van der Waals surface area contributed by atoms with E-state index in [1.165, 1.54) is 29.8 Å². The zero-order valence-electron chi connectivity index (χ0n) is 19.1. The lowest BCUT2D eigenvalue weighted by Gasteiger charge is -2.32. The molecule has 2 atom stereocenters. The van der Waals surface area contributed by atoms with E-state index in [1.54, 1.807) is 0 Å². The van der Waals surface area contributed by atoms with Crippen molar-refractivity contribution in [2.45, 2.75) is 58.7 Å². The van der Waals surface area contributed by atoms with Gasteiger partial charge in [-0.15, -0.1) is 0 Å². The molecular formula is C23H38N6. The number of aryl methyl sites for hydroxylation is 2. The third-order valence-corrected chi connectivity index (χ3v) is 6.40. The summed E-state index contributed by atoms with van der Waals surface area (Å²) in [7, 11) is 6.52. The van der Waals surface area contributed by atoms with Crippen LogP contribution in [0.5, 0.6) is 0 Å². The maximum atomic E-state index is 4.93. The number of aromatic nitrogens is 3. The van der Waals surface area contributed by atoms with Gasteiger partial charge in [-0.3, -0.25) is 9.88 Å². The Hall–Kier alpha value is -1.76. The van der Waals surface area contributed by atoms with E-state index in [4.69, 9.17) is 9.97 Å². The molecule has 1 aliphatic carbocycles. The molecule has 2 aromatic heterocycles. The van der Waals surface area contributed by atoms with Gasteiger partial charge in [-0.25, -0.2) is 4.98 Å². The van der Waals surface area contributed by atoms with Crippen molar-refractivity contribution in [3.63, 3.8) is 0 Å².